The second kappa shape index (κ2) is 11.7. The number of benzene rings is 4. The number of fused-ring (bicyclic) bond motifs is 1. The largest absolute Gasteiger partial charge is 0.407 e. The molecule has 0 bridgehead atoms. The predicted molar refractivity (Wildman–Crippen MR) is 173 cm³/mol. The van der Waals surface area contributed by atoms with E-state index in [1.165, 1.54) is 21.2 Å². The molecule has 6 rings (SSSR count). The zero-order valence-electron chi connectivity index (χ0n) is 22.4. The lowest BCUT2D eigenvalue weighted by atomic mass is 9.93. The van der Waals surface area contributed by atoms with E-state index in [0.29, 0.717) is 5.56 Å². The van der Waals surface area contributed by atoms with E-state index in [0.717, 1.165) is 16.8 Å². The summed E-state index contributed by atoms with van der Waals surface area (Å²) in [6.07, 6.45) is 14.7. The third kappa shape index (κ3) is 5.32. The van der Waals surface area contributed by atoms with Gasteiger partial charge in [0.1, 0.15) is 0 Å². The summed E-state index contributed by atoms with van der Waals surface area (Å²) in [5.74, 6) is -0.112. The Morgan fingerprint density at radius 1 is 0.878 bits per heavy atom. The highest BCUT2D eigenvalue weighted by Gasteiger charge is 2.38. The summed E-state index contributed by atoms with van der Waals surface area (Å²) in [4.78, 5) is 3.06. The summed E-state index contributed by atoms with van der Waals surface area (Å²) in [5.41, 5.74) is 4.84. The number of ether oxygens (including phenoxy) is 1. The van der Waals surface area contributed by atoms with Crippen LogP contribution < -0.4 is 4.90 Å². The molecule has 0 saturated heterocycles. The van der Waals surface area contributed by atoms with E-state index in [2.05, 4.69) is 90.9 Å². The Morgan fingerprint density at radius 3 is 2.49 bits per heavy atom. The Labute approximate surface area is 244 Å². The second-order valence-electron chi connectivity index (χ2n) is 9.79. The summed E-state index contributed by atoms with van der Waals surface area (Å²) in [6, 6.07) is 29.8. The van der Waals surface area contributed by atoms with Gasteiger partial charge in [-0.3, -0.25) is 15.7 Å². The van der Waals surface area contributed by atoms with Crippen molar-refractivity contribution in [1.82, 2.24) is 0 Å². The van der Waals surface area contributed by atoms with Crippen LogP contribution in [0.3, 0.4) is 0 Å². The molecule has 2 aliphatic heterocycles. The molecule has 0 amide bonds. The van der Waals surface area contributed by atoms with Crippen molar-refractivity contribution >= 4 is 46.2 Å². The third-order valence-electron chi connectivity index (χ3n) is 7.33. The molecule has 5 heteroatoms. The number of amidine groups is 1. The van der Waals surface area contributed by atoms with Crippen molar-refractivity contribution in [2.45, 2.75) is 16.9 Å². The van der Waals surface area contributed by atoms with Crippen LogP contribution in [0, 0.1) is 10.8 Å². The fourth-order valence-electron chi connectivity index (χ4n) is 5.40. The lowest BCUT2D eigenvalue weighted by molar-refractivity contribution is 0.509. The van der Waals surface area contributed by atoms with Crippen molar-refractivity contribution in [3.05, 3.63) is 162 Å². The Morgan fingerprint density at radius 2 is 1.66 bits per heavy atom. The first-order valence-electron chi connectivity index (χ1n) is 13.5. The highest BCUT2D eigenvalue weighted by atomic mass is 32.2. The minimum Gasteiger partial charge on any atom is -0.407 e. The van der Waals surface area contributed by atoms with Crippen LogP contribution in [0.25, 0.3) is 16.8 Å². The normalized spacial score (nSPS) is 20.6. The topological polar surface area (TPSA) is 60.2 Å². The fourth-order valence-corrected chi connectivity index (χ4v) is 6.22. The number of anilines is 1. The fraction of sp³-hybridized carbons (Fsp3) is 0.0556. The monoisotopic (exact) mass is 551 g/mol. The van der Waals surface area contributed by atoms with Gasteiger partial charge in [-0.15, -0.1) is 6.58 Å². The zero-order chi connectivity index (χ0) is 28.2. The first-order valence-corrected chi connectivity index (χ1v) is 14.3. The standard InChI is InChI=1S/C36H29N3OS/c1-2-31-30(29-17-6-7-18-32(29)39(31)36(38)40-35(37)28-12-4-3-5-13-28)23-21-25-11-10-24-41-33-19-9-16-26-14-8-15-27(22-20-25)34(26)33/h2-24,30-31,37-38H,1H2/b22-20+,23-21+,24-10+,25-11+,37-35?,38-36?. The number of nitrogens with one attached hydrogen (secondary N) is 2. The maximum atomic E-state index is 8.82. The first kappa shape index (κ1) is 26.4. The lowest BCUT2D eigenvalue weighted by Crippen LogP contribution is -2.39. The number of nitrogens with zero attached hydrogens (tertiary/aromatic N) is 1. The van der Waals surface area contributed by atoms with Gasteiger partial charge in [-0.05, 0) is 51.8 Å². The molecule has 0 aliphatic carbocycles. The molecule has 0 aromatic heterocycles. The lowest BCUT2D eigenvalue weighted by Gasteiger charge is -2.26. The summed E-state index contributed by atoms with van der Waals surface area (Å²) in [5, 5.41) is 21.8. The maximum absolute atomic E-state index is 8.82. The molecular formula is C36H29N3OS. The SMILES string of the molecule is C=CC1C(/C=C/C2=C/C=C/Sc3cccc4cccc(c34)\C=C\2)c2ccccc2N1C(=N)OC(=N)c1ccccc1. The van der Waals surface area contributed by atoms with E-state index < -0.39 is 0 Å². The second-order valence-corrected chi connectivity index (χ2v) is 10.7. The molecule has 0 spiro atoms. The van der Waals surface area contributed by atoms with Crippen molar-refractivity contribution in [3.63, 3.8) is 0 Å². The molecule has 4 nitrogen and oxygen atoms in total. The number of allylic oxidation sites excluding steroid dienone is 5. The quantitative estimate of drug-likeness (QED) is 0.151. The van der Waals surface area contributed by atoms with Crippen molar-refractivity contribution < 1.29 is 4.74 Å². The van der Waals surface area contributed by atoms with Gasteiger partial charge in [0.15, 0.2) is 0 Å². The zero-order valence-corrected chi connectivity index (χ0v) is 23.2. The summed E-state index contributed by atoms with van der Waals surface area (Å²) >= 11 is 1.73. The molecule has 0 saturated carbocycles. The molecule has 200 valence electrons. The van der Waals surface area contributed by atoms with Crippen LogP contribution in [-0.4, -0.2) is 18.0 Å². The minimum atomic E-state index is -0.240. The molecule has 4 aromatic carbocycles. The highest BCUT2D eigenvalue weighted by molar-refractivity contribution is 8.02. The van der Waals surface area contributed by atoms with Crippen molar-refractivity contribution in [2.24, 2.45) is 0 Å². The van der Waals surface area contributed by atoms with Crippen molar-refractivity contribution in [1.29, 1.82) is 10.8 Å². The molecule has 0 fully saturated rings. The third-order valence-corrected chi connectivity index (χ3v) is 8.22. The summed E-state index contributed by atoms with van der Waals surface area (Å²) < 4.78 is 5.75. The number of para-hydroxylation sites is 1. The molecule has 41 heavy (non-hydrogen) atoms. The van der Waals surface area contributed by atoms with Gasteiger partial charge in [0.2, 0.25) is 5.90 Å². The van der Waals surface area contributed by atoms with Crippen molar-refractivity contribution in [2.75, 3.05) is 4.90 Å². The van der Waals surface area contributed by atoms with Crippen LogP contribution in [0.5, 0.6) is 0 Å². The molecular weight excluding hydrogens is 522 g/mol. The number of hydrogen-bond donors (Lipinski definition) is 2. The van der Waals surface area contributed by atoms with Crippen molar-refractivity contribution in [3.8, 4) is 0 Å². The van der Waals surface area contributed by atoms with Crippen LogP contribution in [0.2, 0.25) is 0 Å². The summed E-state index contributed by atoms with van der Waals surface area (Å²) in [7, 11) is 0. The van der Waals surface area contributed by atoms with Gasteiger partial charge in [-0.2, -0.15) is 0 Å². The molecule has 4 aromatic rings. The highest BCUT2D eigenvalue weighted by Crippen LogP contribution is 2.43. The van der Waals surface area contributed by atoms with Gasteiger partial charge < -0.3 is 4.74 Å². The molecule has 0 radical (unpaired) electrons. The van der Waals surface area contributed by atoms with Crippen LogP contribution >= 0.6 is 11.8 Å². The van der Waals surface area contributed by atoms with E-state index in [1.54, 1.807) is 23.9 Å². The number of rotatable bonds is 4. The first-order chi connectivity index (χ1) is 20.1. The number of thioether (sulfide) groups is 1. The maximum Gasteiger partial charge on any atom is 0.296 e. The minimum absolute atomic E-state index is 0.0502. The van der Waals surface area contributed by atoms with Crippen LogP contribution in [0.4, 0.5) is 5.69 Å². The Kier molecular flexibility index (Phi) is 7.52. The van der Waals surface area contributed by atoms with Gasteiger partial charge in [0.25, 0.3) is 6.02 Å². The van der Waals surface area contributed by atoms with Crippen LogP contribution in [0.15, 0.2) is 150 Å². The predicted octanol–water partition coefficient (Wildman–Crippen LogP) is 9.09. The molecule has 2 atom stereocenters. The van der Waals surface area contributed by atoms with Gasteiger partial charge in [0.05, 0.1) is 6.04 Å². The van der Waals surface area contributed by atoms with Crippen LogP contribution in [0.1, 0.15) is 22.6 Å². The number of hydrogen-bond acceptors (Lipinski definition) is 4. The molecule has 2 aliphatic rings. The van der Waals surface area contributed by atoms with Gasteiger partial charge in [-0.1, -0.05) is 121 Å². The van der Waals surface area contributed by atoms with E-state index in [1.807, 2.05) is 47.4 Å². The van der Waals surface area contributed by atoms with E-state index in [-0.39, 0.29) is 23.9 Å². The molecule has 2 N–H and O–H groups in total. The van der Waals surface area contributed by atoms with Gasteiger partial charge in [-0.25, -0.2) is 0 Å². The molecule has 2 heterocycles. The van der Waals surface area contributed by atoms with Gasteiger partial charge >= 0.3 is 0 Å². The Hall–Kier alpha value is -4.87. The smallest absolute Gasteiger partial charge is 0.296 e. The Balaban J connectivity index is 1.30. The van der Waals surface area contributed by atoms with Crippen LogP contribution in [-0.2, 0) is 4.74 Å². The Bertz CT molecular complexity index is 1760. The average molecular weight is 552 g/mol. The van der Waals surface area contributed by atoms with E-state index >= 15 is 0 Å². The summed E-state index contributed by atoms with van der Waals surface area (Å²) in [6.45, 7) is 4.11. The van der Waals surface area contributed by atoms with E-state index in [4.69, 9.17) is 15.6 Å². The van der Waals surface area contributed by atoms with Gasteiger partial charge in [0, 0.05) is 27.5 Å². The molecule has 2 unspecified atom stereocenters. The van der Waals surface area contributed by atoms with E-state index in [9.17, 15) is 0 Å². The average Bonchev–Trinajstić information content (AvgIpc) is 3.34.